The van der Waals surface area contributed by atoms with Crippen molar-refractivity contribution in [2.24, 2.45) is 5.41 Å². The Morgan fingerprint density at radius 2 is 1.74 bits per heavy atom. The molecule has 39 heavy (non-hydrogen) atoms. The van der Waals surface area contributed by atoms with E-state index in [0.717, 1.165) is 56.2 Å². The molecule has 1 N–H and O–H groups in total. The number of aromatic nitrogens is 1. The maximum Gasteiger partial charge on any atom is 0.269 e. The zero-order valence-corrected chi connectivity index (χ0v) is 24.0. The summed E-state index contributed by atoms with van der Waals surface area (Å²) in [5, 5.41) is 9.98. The molecule has 4 rings (SSSR count). The van der Waals surface area contributed by atoms with E-state index in [0.29, 0.717) is 15.7 Å². The highest BCUT2D eigenvalue weighted by atomic mass is 32.1. The number of carbonyl (C=O) groups excluding carboxylic acids is 1. The topological polar surface area (TPSA) is 79.8 Å². The van der Waals surface area contributed by atoms with E-state index in [4.69, 9.17) is 4.74 Å². The molecule has 0 atom stereocenters. The molecule has 2 heterocycles. The van der Waals surface area contributed by atoms with Crippen molar-refractivity contribution in [2.45, 2.75) is 33.7 Å². The van der Waals surface area contributed by atoms with Gasteiger partial charge in [-0.15, -0.1) is 11.3 Å². The molecule has 0 aliphatic carbocycles. The second-order valence-corrected chi connectivity index (χ2v) is 11.9. The molecule has 0 unspecified atom stereocenters. The van der Waals surface area contributed by atoms with Crippen LogP contribution in [0, 0.1) is 16.7 Å². The average Bonchev–Trinajstić information content (AvgIpc) is 3.24. The van der Waals surface area contributed by atoms with Crippen molar-refractivity contribution in [1.29, 1.82) is 5.26 Å². The van der Waals surface area contributed by atoms with Crippen LogP contribution in [0.15, 0.2) is 59.4 Å². The number of quaternary nitrogens is 1. The van der Waals surface area contributed by atoms with Gasteiger partial charge < -0.3 is 14.5 Å². The van der Waals surface area contributed by atoms with E-state index in [-0.39, 0.29) is 16.9 Å². The molecule has 1 fully saturated rings. The number of para-hydroxylation sites is 1. The monoisotopic (exact) mass is 545 g/mol. The summed E-state index contributed by atoms with van der Waals surface area (Å²) in [5.74, 6) is -0.251. The summed E-state index contributed by atoms with van der Waals surface area (Å²) in [6.07, 6.45) is 2.63. The van der Waals surface area contributed by atoms with Gasteiger partial charge in [-0.1, -0.05) is 51.1 Å². The van der Waals surface area contributed by atoms with E-state index < -0.39 is 5.41 Å². The number of anilines is 2. The van der Waals surface area contributed by atoms with Gasteiger partial charge in [0.1, 0.15) is 29.4 Å². The number of Topliss-reactive ketones (excluding diaryl/α,β-unsaturated/α-hetero) is 1. The van der Waals surface area contributed by atoms with E-state index in [2.05, 4.69) is 23.1 Å². The molecular weight excluding hydrogens is 508 g/mol. The molecule has 1 aromatic heterocycles. The number of ketones is 1. The number of hydrogen-bond donors (Lipinski definition) is 1. The Balaban J connectivity index is 1.70. The third kappa shape index (κ3) is 6.93. The molecule has 3 aromatic rings. The van der Waals surface area contributed by atoms with Gasteiger partial charge in [0.15, 0.2) is 5.78 Å². The van der Waals surface area contributed by atoms with E-state index in [1.54, 1.807) is 25.3 Å². The fourth-order valence-corrected chi connectivity index (χ4v) is 5.75. The second kappa shape index (κ2) is 12.6. The van der Waals surface area contributed by atoms with E-state index in [1.165, 1.54) is 16.2 Å². The predicted octanol–water partition coefficient (Wildman–Crippen LogP) is 2.10. The van der Waals surface area contributed by atoms with E-state index in [9.17, 15) is 14.9 Å². The van der Waals surface area contributed by atoms with Crippen molar-refractivity contribution in [3.05, 3.63) is 79.7 Å². The molecule has 0 spiro atoms. The number of hydrogen-bond acceptors (Lipinski definition) is 6. The Hall–Kier alpha value is -3.51. The summed E-state index contributed by atoms with van der Waals surface area (Å²) < 4.78 is 8.05. The third-order valence-corrected chi connectivity index (χ3v) is 8.11. The molecule has 0 saturated carbocycles. The first-order chi connectivity index (χ1) is 18.7. The molecule has 0 radical (unpaired) electrons. The standard InChI is InChI=1S/C31H36N4O3S/c1-31(2,3)28(36)26(22-32)30-35(16-8-15-34-17-19-38-20-18-34)29(37)27(39-30)21-23-11-13-25(14-12-23)33(4)24-9-6-5-7-10-24/h5-7,9-14,21H,8,15-20H2,1-4H3/p+1/b27-21-,30-26-. The molecule has 204 valence electrons. The van der Waals surface area contributed by atoms with Crippen LogP contribution >= 0.6 is 11.3 Å². The first-order valence-electron chi connectivity index (χ1n) is 13.4. The van der Waals surface area contributed by atoms with Crippen molar-refractivity contribution in [2.75, 3.05) is 44.8 Å². The fourth-order valence-electron chi connectivity index (χ4n) is 4.62. The van der Waals surface area contributed by atoms with Crippen LogP contribution in [0.1, 0.15) is 32.8 Å². The van der Waals surface area contributed by atoms with Gasteiger partial charge in [0, 0.05) is 36.8 Å². The highest BCUT2D eigenvalue weighted by molar-refractivity contribution is 7.07. The lowest BCUT2D eigenvalue weighted by Crippen LogP contribution is -3.14. The van der Waals surface area contributed by atoms with Crippen LogP contribution in [0.5, 0.6) is 0 Å². The number of nitrogens with zero attached hydrogens (tertiary/aromatic N) is 3. The molecule has 1 saturated heterocycles. The van der Waals surface area contributed by atoms with Crippen molar-refractivity contribution in [3.63, 3.8) is 0 Å². The van der Waals surface area contributed by atoms with Gasteiger partial charge in [0.2, 0.25) is 0 Å². The normalized spacial score (nSPS) is 15.6. The van der Waals surface area contributed by atoms with Crippen LogP contribution in [0.2, 0.25) is 0 Å². The largest absolute Gasteiger partial charge is 0.370 e. The van der Waals surface area contributed by atoms with Crippen LogP contribution in [-0.4, -0.2) is 50.2 Å². The third-order valence-electron chi connectivity index (χ3n) is 6.98. The van der Waals surface area contributed by atoms with Gasteiger partial charge in [-0.05, 0) is 35.9 Å². The zero-order chi connectivity index (χ0) is 28.0. The number of morpholine rings is 1. The van der Waals surface area contributed by atoms with Gasteiger partial charge in [-0.25, -0.2) is 0 Å². The summed E-state index contributed by atoms with van der Waals surface area (Å²) in [6.45, 7) is 10.2. The SMILES string of the molecule is CN(c1ccccc1)c1ccc(/C=c2\s/c(=C(/C#N)C(=O)C(C)(C)C)n(CCC[NH+]3CCOCC3)c2=O)cc1. The molecule has 8 heteroatoms. The molecule has 0 bridgehead atoms. The number of benzene rings is 2. The van der Waals surface area contributed by atoms with Crippen LogP contribution in [0.4, 0.5) is 11.4 Å². The van der Waals surface area contributed by atoms with Gasteiger partial charge in [0.25, 0.3) is 5.56 Å². The molecular formula is C31H37N4O3S+. The van der Waals surface area contributed by atoms with Crippen molar-refractivity contribution >= 4 is 40.1 Å². The van der Waals surface area contributed by atoms with E-state index >= 15 is 0 Å². The summed E-state index contributed by atoms with van der Waals surface area (Å²) in [5.41, 5.74) is 2.18. The highest BCUT2D eigenvalue weighted by Crippen LogP contribution is 2.23. The first kappa shape index (κ1) is 28.5. The molecule has 1 aliphatic rings. The zero-order valence-electron chi connectivity index (χ0n) is 23.2. The van der Waals surface area contributed by atoms with Gasteiger partial charge in [-0.3, -0.25) is 14.2 Å². The Morgan fingerprint density at radius 3 is 2.36 bits per heavy atom. The Kier molecular flexibility index (Phi) is 9.18. The van der Waals surface area contributed by atoms with Crippen LogP contribution in [0.3, 0.4) is 0 Å². The number of nitriles is 1. The number of carbonyl (C=O) groups is 1. The van der Waals surface area contributed by atoms with Crippen molar-refractivity contribution < 1.29 is 14.4 Å². The highest BCUT2D eigenvalue weighted by Gasteiger charge is 2.27. The second-order valence-electron chi connectivity index (χ2n) is 10.9. The summed E-state index contributed by atoms with van der Waals surface area (Å²) in [7, 11) is 2.02. The lowest BCUT2D eigenvalue weighted by atomic mass is 9.87. The Morgan fingerprint density at radius 1 is 1.10 bits per heavy atom. The number of nitrogens with one attached hydrogen (secondary N) is 1. The van der Waals surface area contributed by atoms with Crippen molar-refractivity contribution in [1.82, 2.24) is 4.57 Å². The maximum atomic E-state index is 13.6. The number of ether oxygens (including phenoxy) is 1. The lowest BCUT2D eigenvalue weighted by molar-refractivity contribution is -0.908. The van der Waals surface area contributed by atoms with Crippen molar-refractivity contribution in [3.8, 4) is 6.07 Å². The van der Waals surface area contributed by atoms with Gasteiger partial charge >= 0.3 is 0 Å². The summed E-state index contributed by atoms with van der Waals surface area (Å²) in [4.78, 5) is 30.3. The maximum absolute atomic E-state index is 13.6. The minimum Gasteiger partial charge on any atom is -0.370 e. The van der Waals surface area contributed by atoms with Gasteiger partial charge in [0.05, 0.1) is 24.3 Å². The Labute approximate surface area is 233 Å². The summed E-state index contributed by atoms with van der Waals surface area (Å²) in [6, 6.07) is 20.2. The van der Waals surface area contributed by atoms with Gasteiger partial charge in [-0.2, -0.15) is 5.26 Å². The minimum atomic E-state index is -0.724. The van der Waals surface area contributed by atoms with E-state index in [1.807, 2.05) is 55.6 Å². The average molecular weight is 546 g/mol. The molecule has 7 nitrogen and oxygen atoms in total. The number of rotatable bonds is 8. The quantitative estimate of drug-likeness (QED) is 0.469. The Bertz CT molecular complexity index is 1500. The lowest BCUT2D eigenvalue weighted by Gasteiger charge is -2.23. The molecule has 2 aromatic carbocycles. The van der Waals surface area contributed by atoms with Crippen LogP contribution in [0.25, 0.3) is 11.6 Å². The fraction of sp³-hybridized carbons (Fsp3) is 0.387. The van der Waals surface area contributed by atoms with Crippen LogP contribution in [-0.2, 0) is 16.1 Å². The first-order valence-corrected chi connectivity index (χ1v) is 14.2. The smallest absolute Gasteiger partial charge is 0.269 e. The number of thiazole rings is 1. The van der Waals surface area contributed by atoms with Crippen LogP contribution < -0.4 is 24.6 Å². The predicted molar refractivity (Wildman–Crippen MR) is 157 cm³/mol. The molecule has 1 aliphatic heterocycles. The minimum absolute atomic E-state index is 0.0582. The molecule has 0 amide bonds. The summed E-state index contributed by atoms with van der Waals surface area (Å²) >= 11 is 1.23.